The van der Waals surface area contributed by atoms with Crippen molar-refractivity contribution < 1.29 is 0 Å². The molecule has 1 aromatic heterocycles. The number of aromatic nitrogens is 2. The number of rotatable bonds is 4. The molecular weight excluding hydrogens is 188 g/mol. The Morgan fingerprint density at radius 1 is 1.53 bits per heavy atom. The van der Waals surface area contributed by atoms with Crippen molar-refractivity contribution in [3.63, 3.8) is 0 Å². The lowest BCUT2D eigenvalue weighted by Gasteiger charge is -2.33. The van der Waals surface area contributed by atoms with Crippen LogP contribution in [0.15, 0.2) is 12.5 Å². The molecule has 0 bridgehead atoms. The van der Waals surface area contributed by atoms with E-state index in [0.717, 1.165) is 12.2 Å². The molecule has 1 atom stereocenters. The summed E-state index contributed by atoms with van der Waals surface area (Å²) >= 11 is 0. The molecule has 4 heteroatoms. The number of likely N-dealkylation sites (N-methyl/N-ethyl adjacent to an activating group) is 1. The van der Waals surface area contributed by atoms with Crippen molar-refractivity contribution in [3.8, 4) is 0 Å². The minimum absolute atomic E-state index is 0.0328. The topological polar surface area (TPSA) is 47.1 Å². The van der Waals surface area contributed by atoms with Crippen LogP contribution in [-0.4, -0.2) is 34.1 Å². The number of hydrogen-bond donors (Lipinski definition) is 1. The van der Waals surface area contributed by atoms with Gasteiger partial charge >= 0.3 is 0 Å². The number of imidazole rings is 1. The minimum atomic E-state index is 0.0328. The highest BCUT2D eigenvalue weighted by Crippen LogP contribution is 2.17. The molecule has 1 aromatic rings. The second-order valence-electron chi connectivity index (χ2n) is 4.94. The number of hydrogen-bond acceptors (Lipinski definition) is 3. The molecule has 2 N–H and O–H groups in total. The molecule has 15 heavy (non-hydrogen) atoms. The summed E-state index contributed by atoms with van der Waals surface area (Å²) in [5.74, 6) is 0. The molecule has 0 radical (unpaired) electrons. The third-order valence-corrected chi connectivity index (χ3v) is 2.98. The summed E-state index contributed by atoms with van der Waals surface area (Å²) in [6.07, 6.45) is 3.69. The van der Waals surface area contributed by atoms with Crippen molar-refractivity contribution in [2.45, 2.75) is 38.9 Å². The van der Waals surface area contributed by atoms with Crippen molar-refractivity contribution in [1.29, 1.82) is 0 Å². The molecule has 0 aliphatic heterocycles. The minimum Gasteiger partial charge on any atom is -0.331 e. The maximum atomic E-state index is 5.88. The maximum Gasteiger partial charge on any atom is 0.0949 e. The van der Waals surface area contributed by atoms with Crippen LogP contribution in [0.25, 0.3) is 0 Å². The molecule has 0 spiro atoms. The molecule has 0 saturated heterocycles. The zero-order valence-corrected chi connectivity index (χ0v) is 10.4. The van der Waals surface area contributed by atoms with E-state index in [9.17, 15) is 0 Å². The van der Waals surface area contributed by atoms with E-state index in [1.165, 1.54) is 0 Å². The average Bonchev–Trinajstić information content (AvgIpc) is 2.51. The maximum absolute atomic E-state index is 5.88. The molecule has 4 nitrogen and oxygen atoms in total. The Hall–Kier alpha value is -0.870. The largest absolute Gasteiger partial charge is 0.331 e. The van der Waals surface area contributed by atoms with Crippen molar-refractivity contribution in [2.75, 3.05) is 14.1 Å². The van der Waals surface area contributed by atoms with Gasteiger partial charge in [-0.2, -0.15) is 0 Å². The third kappa shape index (κ3) is 2.79. The fourth-order valence-electron chi connectivity index (χ4n) is 1.40. The van der Waals surface area contributed by atoms with E-state index in [1.54, 1.807) is 0 Å². The van der Waals surface area contributed by atoms with Crippen LogP contribution < -0.4 is 5.73 Å². The van der Waals surface area contributed by atoms with Crippen LogP contribution in [0.1, 0.15) is 32.5 Å². The summed E-state index contributed by atoms with van der Waals surface area (Å²) in [6, 6.07) is 0.0328. The molecule has 1 heterocycles. The third-order valence-electron chi connectivity index (χ3n) is 2.98. The molecule has 0 saturated carbocycles. The van der Waals surface area contributed by atoms with E-state index < -0.39 is 0 Å². The van der Waals surface area contributed by atoms with Crippen molar-refractivity contribution in [1.82, 2.24) is 14.5 Å². The van der Waals surface area contributed by atoms with Gasteiger partial charge in [-0.1, -0.05) is 0 Å². The smallest absolute Gasteiger partial charge is 0.0949 e. The van der Waals surface area contributed by atoms with Crippen LogP contribution in [0.4, 0.5) is 0 Å². The normalized spacial score (nSPS) is 14.6. The Labute approximate surface area is 92.1 Å². The van der Waals surface area contributed by atoms with Gasteiger partial charge in [-0.3, -0.25) is 0 Å². The van der Waals surface area contributed by atoms with Gasteiger partial charge in [0.2, 0.25) is 0 Å². The molecule has 0 fully saturated rings. The molecular formula is C11H22N4. The van der Waals surface area contributed by atoms with Crippen LogP contribution >= 0.6 is 0 Å². The lowest BCUT2D eigenvalue weighted by Crippen LogP contribution is -2.42. The Morgan fingerprint density at radius 3 is 2.60 bits per heavy atom. The Balaban J connectivity index is 2.85. The first kappa shape index (κ1) is 12.2. The highest BCUT2D eigenvalue weighted by Gasteiger charge is 2.22. The van der Waals surface area contributed by atoms with Gasteiger partial charge in [0.15, 0.2) is 0 Å². The summed E-state index contributed by atoms with van der Waals surface area (Å²) in [5.41, 5.74) is 7.07. The molecule has 86 valence electrons. The van der Waals surface area contributed by atoms with Crippen LogP contribution in [-0.2, 0) is 6.54 Å². The highest BCUT2D eigenvalue weighted by molar-refractivity contribution is 5.04. The zero-order chi connectivity index (χ0) is 11.6. The van der Waals surface area contributed by atoms with Gasteiger partial charge < -0.3 is 15.2 Å². The molecule has 0 aliphatic rings. The molecule has 0 amide bonds. The first-order valence-electron chi connectivity index (χ1n) is 5.27. The van der Waals surface area contributed by atoms with Crippen LogP contribution in [0.2, 0.25) is 0 Å². The molecule has 0 aromatic carbocycles. The van der Waals surface area contributed by atoms with Crippen LogP contribution in [0.3, 0.4) is 0 Å². The van der Waals surface area contributed by atoms with E-state index in [1.807, 2.05) is 19.4 Å². The molecule has 0 unspecified atom stereocenters. The fraction of sp³-hybridized carbons (Fsp3) is 0.727. The average molecular weight is 210 g/mol. The van der Waals surface area contributed by atoms with E-state index in [2.05, 4.69) is 42.4 Å². The van der Waals surface area contributed by atoms with Crippen molar-refractivity contribution in [3.05, 3.63) is 18.2 Å². The quantitative estimate of drug-likeness (QED) is 0.813. The number of nitrogens with two attached hydrogens (primary N) is 1. The van der Waals surface area contributed by atoms with E-state index in [-0.39, 0.29) is 11.6 Å². The van der Waals surface area contributed by atoms with E-state index in [0.29, 0.717) is 0 Å². The molecule has 0 aliphatic carbocycles. The van der Waals surface area contributed by atoms with Gasteiger partial charge in [-0.15, -0.1) is 0 Å². The summed E-state index contributed by atoms with van der Waals surface area (Å²) < 4.78 is 2.13. The number of nitrogens with zero attached hydrogens (tertiary/aromatic N) is 3. The lowest BCUT2D eigenvalue weighted by molar-refractivity contribution is 0.167. The summed E-state index contributed by atoms with van der Waals surface area (Å²) in [6.45, 7) is 7.29. The van der Waals surface area contributed by atoms with Gasteiger partial charge in [0.25, 0.3) is 0 Å². The summed E-state index contributed by atoms with van der Waals surface area (Å²) in [4.78, 5) is 6.36. The summed E-state index contributed by atoms with van der Waals surface area (Å²) in [5, 5.41) is 0. The first-order valence-corrected chi connectivity index (χ1v) is 5.27. The highest BCUT2D eigenvalue weighted by atomic mass is 15.2. The summed E-state index contributed by atoms with van der Waals surface area (Å²) in [7, 11) is 4.17. The predicted molar refractivity (Wildman–Crippen MR) is 62.6 cm³/mol. The Kier molecular flexibility index (Phi) is 3.52. The van der Waals surface area contributed by atoms with Gasteiger partial charge in [0.1, 0.15) is 0 Å². The first-order chi connectivity index (χ1) is 6.84. The van der Waals surface area contributed by atoms with Crippen LogP contribution in [0.5, 0.6) is 0 Å². The second kappa shape index (κ2) is 4.33. The SMILES string of the molecule is C[C@@H](N)c1cncn1CC(C)(C)N(C)C. The van der Waals surface area contributed by atoms with Gasteiger partial charge in [-0.25, -0.2) is 4.98 Å². The monoisotopic (exact) mass is 210 g/mol. The Bertz CT molecular complexity index is 312. The van der Waals surface area contributed by atoms with Crippen LogP contribution in [0, 0.1) is 0 Å². The lowest BCUT2D eigenvalue weighted by atomic mass is 10.0. The Morgan fingerprint density at radius 2 is 2.13 bits per heavy atom. The zero-order valence-electron chi connectivity index (χ0n) is 10.4. The fourth-order valence-corrected chi connectivity index (χ4v) is 1.40. The van der Waals surface area contributed by atoms with Crippen molar-refractivity contribution in [2.24, 2.45) is 5.73 Å². The van der Waals surface area contributed by atoms with Gasteiger partial charge in [0.05, 0.1) is 12.0 Å². The van der Waals surface area contributed by atoms with Gasteiger partial charge in [0, 0.05) is 24.3 Å². The predicted octanol–water partition coefficient (Wildman–Crippen LogP) is 1.24. The van der Waals surface area contributed by atoms with Gasteiger partial charge in [-0.05, 0) is 34.9 Å². The standard InChI is InChI=1S/C11H22N4/c1-9(12)10-6-13-8-15(10)7-11(2,3)14(4)5/h6,8-9H,7,12H2,1-5H3/t9-/m1/s1. The second-order valence-corrected chi connectivity index (χ2v) is 4.94. The van der Waals surface area contributed by atoms with E-state index >= 15 is 0 Å². The molecule has 1 rings (SSSR count). The van der Waals surface area contributed by atoms with E-state index in [4.69, 9.17) is 5.73 Å². The van der Waals surface area contributed by atoms with Crippen molar-refractivity contribution >= 4 is 0 Å².